The zero-order valence-electron chi connectivity index (χ0n) is 15.1. The summed E-state index contributed by atoms with van der Waals surface area (Å²) in [6, 6.07) is 0. The van der Waals surface area contributed by atoms with Gasteiger partial charge in [0.15, 0.2) is 15.8 Å². The minimum atomic E-state index is -3.09. The van der Waals surface area contributed by atoms with Crippen LogP contribution in [0.25, 0.3) is 0 Å². The molecule has 1 heterocycles. The fourth-order valence-corrected chi connectivity index (χ4v) is 3.80. The lowest BCUT2D eigenvalue weighted by Crippen LogP contribution is -2.58. The van der Waals surface area contributed by atoms with E-state index in [2.05, 4.69) is 15.6 Å². The molecule has 23 heavy (non-hydrogen) atoms. The first-order chi connectivity index (χ1) is 10.5. The number of nitrogens with zero attached hydrogens (tertiary/aromatic N) is 2. The highest BCUT2D eigenvalue weighted by molar-refractivity contribution is 7.92. The lowest BCUT2D eigenvalue weighted by molar-refractivity contribution is -0.128. The summed E-state index contributed by atoms with van der Waals surface area (Å²) >= 11 is 0. The minimum absolute atomic E-state index is 0.0236. The molecule has 0 aromatic heterocycles. The first kappa shape index (κ1) is 19.7. The molecule has 0 unspecified atom stereocenters. The molecule has 134 valence electrons. The van der Waals surface area contributed by atoms with Crippen LogP contribution in [0, 0.1) is 5.41 Å². The van der Waals surface area contributed by atoms with Gasteiger partial charge in [-0.25, -0.2) is 8.42 Å². The molecule has 0 aromatic carbocycles. The maximum Gasteiger partial charge on any atom is 0.227 e. The number of amides is 1. The van der Waals surface area contributed by atoms with Crippen molar-refractivity contribution in [3.63, 3.8) is 0 Å². The molecule has 1 amide bonds. The van der Waals surface area contributed by atoms with E-state index in [4.69, 9.17) is 0 Å². The van der Waals surface area contributed by atoms with E-state index >= 15 is 0 Å². The van der Waals surface area contributed by atoms with Gasteiger partial charge < -0.3 is 15.5 Å². The van der Waals surface area contributed by atoms with Gasteiger partial charge in [0.05, 0.1) is 15.9 Å². The van der Waals surface area contributed by atoms with Gasteiger partial charge in [0.2, 0.25) is 5.91 Å². The molecule has 2 N–H and O–H groups in total. The van der Waals surface area contributed by atoms with Crippen LogP contribution in [-0.4, -0.2) is 68.9 Å². The fraction of sp³-hybridized carbons (Fsp3) is 0.867. The zero-order valence-corrected chi connectivity index (χ0v) is 15.9. The Bertz CT molecular complexity index is 567. The van der Waals surface area contributed by atoms with Gasteiger partial charge >= 0.3 is 0 Å². The summed E-state index contributed by atoms with van der Waals surface area (Å²) in [4.78, 5) is 18.2. The molecule has 1 rings (SSSR count). The van der Waals surface area contributed by atoms with Crippen LogP contribution in [0.3, 0.4) is 0 Å². The summed E-state index contributed by atoms with van der Waals surface area (Å²) in [5.41, 5.74) is -0.580. The van der Waals surface area contributed by atoms with Gasteiger partial charge in [-0.15, -0.1) is 0 Å². The van der Waals surface area contributed by atoms with Crippen LogP contribution in [-0.2, 0) is 14.6 Å². The van der Waals surface area contributed by atoms with Crippen LogP contribution in [0.1, 0.15) is 34.6 Å². The van der Waals surface area contributed by atoms with Gasteiger partial charge in [0.1, 0.15) is 0 Å². The number of carbonyl (C=O) groups excluding carboxylic acids is 1. The van der Waals surface area contributed by atoms with Gasteiger partial charge in [0.25, 0.3) is 0 Å². The van der Waals surface area contributed by atoms with Crippen LogP contribution in [0.4, 0.5) is 0 Å². The van der Waals surface area contributed by atoms with Crippen LogP contribution in [0.5, 0.6) is 0 Å². The third-order valence-electron chi connectivity index (χ3n) is 4.20. The van der Waals surface area contributed by atoms with Crippen molar-refractivity contribution in [3.8, 4) is 0 Å². The van der Waals surface area contributed by atoms with Gasteiger partial charge in [-0.3, -0.25) is 9.79 Å². The lowest BCUT2D eigenvalue weighted by atomic mass is 9.92. The molecule has 1 saturated heterocycles. The molecule has 1 fully saturated rings. The van der Waals surface area contributed by atoms with Gasteiger partial charge in [-0.05, 0) is 34.6 Å². The number of hydrogen-bond donors (Lipinski definition) is 2. The molecule has 0 aliphatic carbocycles. The average molecular weight is 346 g/mol. The Morgan fingerprint density at radius 1 is 1.30 bits per heavy atom. The second-order valence-corrected chi connectivity index (χ2v) is 9.89. The van der Waals surface area contributed by atoms with Crippen molar-refractivity contribution in [3.05, 3.63) is 0 Å². The number of rotatable bonds is 4. The molecular weight excluding hydrogens is 316 g/mol. The van der Waals surface area contributed by atoms with Crippen LogP contribution >= 0.6 is 0 Å². The molecule has 0 radical (unpaired) electrons. The Kier molecular flexibility index (Phi) is 6.06. The maximum absolute atomic E-state index is 12.1. The highest BCUT2D eigenvalue weighted by atomic mass is 32.2. The quantitative estimate of drug-likeness (QED) is 0.562. The predicted molar refractivity (Wildman–Crippen MR) is 93.3 cm³/mol. The second kappa shape index (κ2) is 7.07. The summed E-state index contributed by atoms with van der Waals surface area (Å²) in [5.74, 6) is 0.718. The summed E-state index contributed by atoms with van der Waals surface area (Å²) in [6.45, 7) is 10.9. The van der Waals surface area contributed by atoms with E-state index in [0.29, 0.717) is 32.1 Å². The van der Waals surface area contributed by atoms with E-state index in [1.807, 2.05) is 25.7 Å². The monoisotopic (exact) mass is 346 g/mol. The smallest absolute Gasteiger partial charge is 0.227 e. The molecule has 0 saturated carbocycles. The van der Waals surface area contributed by atoms with E-state index < -0.39 is 20.0 Å². The fourth-order valence-electron chi connectivity index (χ4n) is 2.44. The van der Waals surface area contributed by atoms with Crippen molar-refractivity contribution < 1.29 is 13.2 Å². The summed E-state index contributed by atoms with van der Waals surface area (Å²) < 4.78 is 23.4. The number of guanidine groups is 1. The van der Waals surface area contributed by atoms with E-state index in [1.54, 1.807) is 20.9 Å². The van der Waals surface area contributed by atoms with E-state index in [9.17, 15) is 13.2 Å². The van der Waals surface area contributed by atoms with Crippen LogP contribution in [0.2, 0.25) is 0 Å². The van der Waals surface area contributed by atoms with Crippen molar-refractivity contribution in [1.82, 2.24) is 15.5 Å². The zero-order chi connectivity index (χ0) is 17.9. The van der Waals surface area contributed by atoms with Crippen LogP contribution < -0.4 is 10.6 Å². The number of carbonyl (C=O) groups is 1. The highest BCUT2D eigenvalue weighted by Gasteiger charge is 2.41. The third-order valence-corrected chi connectivity index (χ3v) is 6.73. The topological polar surface area (TPSA) is 90.9 Å². The highest BCUT2D eigenvalue weighted by Crippen LogP contribution is 2.24. The summed E-state index contributed by atoms with van der Waals surface area (Å²) in [7, 11) is -1.42. The normalized spacial score (nSPS) is 21.0. The summed E-state index contributed by atoms with van der Waals surface area (Å²) in [5, 5.41) is 6.02. The SMILES string of the molecule is CCNC(=O)C(C)(C)CNC(=NC)N1CCS(=O)(=O)C(C)(C)C1. The molecule has 8 heteroatoms. The molecule has 0 bridgehead atoms. The Hall–Kier alpha value is -1.31. The molecule has 0 aromatic rings. The Morgan fingerprint density at radius 3 is 2.39 bits per heavy atom. The molecule has 0 spiro atoms. The third kappa shape index (κ3) is 4.59. The van der Waals surface area contributed by atoms with Gasteiger partial charge in [0, 0.05) is 33.2 Å². The van der Waals surface area contributed by atoms with Crippen molar-refractivity contribution >= 4 is 21.7 Å². The number of aliphatic imine (C=N–C) groups is 1. The van der Waals surface area contributed by atoms with Crippen LogP contribution in [0.15, 0.2) is 4.99 Å². The molecule has 7 nitrogen and oxygen atoms in total. The first-order valence-electron chi connectivity index (χ1n) is 7.93. The Morgan fingerprint density at radius 2 is 1.91 bits per heavy atom. The Balaban J connectivity index is 2.75. The lowest BCUT2D eigenvalue weighted by Gasteiger charge is -2.39. The molecule has 0 atom stereocenters. The van der Waals surface area contributed by atoms with Crippen molar-refractivity contribution in [2.75, 3.05) is 39.0 Å². The van der Waals surface area contributed by atoms with Gasteiger partial charge in [-0.1, -0.05) is 0 Å². The Labute approximate surface area is 139 Å². The number of nitrogens with one attached hydrogen (secondary N) is 2. The van der Waals surface area contributed by atoms with Crippen molar-refractivity contribution in [2.24, 2.45) is 10.4 Å². The van der Waals surface area contributed by atoms with E-state index in [1.165, 1.54) is 0 Å². The molecule has 1 aliphatic rings. The van der Waals surface area contributed by atoms with E-state index in [0.717, 1.165) is 0 Å². The minimum Gasteiger partial charge on any atom is -0.356 e. The van der Waals surface area contributed by atoms with Gasteiger partial charge in [-0.2, -0.15) is 0 Å². The molecule has 1 aliphatic heterocycles. The second-order valence-electron chi connectivity index (χ2n) is 7.14. The summed E-state index contributed by atoms with van der Waals surface area (Å²) in [6.07, 6.45) is 0. The predicted octanol–water partition coefficient (Wildman–Crippen LogP) is 0.233. The average Bonchev–Trinajstić information content (AvgIpc) is 2.43. The standard InChI is InChI=1S/C15H30N4O3S/c1-7-17-12(20)14(2,3)10-18-13(16-6)19-8-9-23(21,22)15(4,5)11-19/h7-11H2,1-6H3,(H,16,18)(H,17,20). The largest absolute Gasteiger partial charge is 0.356 e. The van der Waals surface area contributed by atoms with Crippen molar-refractivity contribution in [1.29, 1.82) is 0 Å². The maximum atomic E-state index is 12.1. The van der Waals surface area contributed by atoms with Crippen molar-refractivity contribution in [2.45, 2.75) is 39.4 Å². The van der Waals surface area contributed by atoms with E-state index in [-0.39, 0.29) is 11.7 Å². The molecular formula is C15H30N4O3S. The number of hydrogen-bond acceptors (Lipinski definition) is 4. The number of sulfone groups is 1. The first-order valence-corrected chi connectivity index (χ1v) is 9.58.